The molecule has 3 aromatic rings. The first-order chi connectivity index (χ1) is 20.4. The Balaban J connectivity index is 1.46. The van der Waals surface area contributed by atoms with Gasteiger partial charge >= 0.3 is 0 Å². The average molecular weight is 609 g/mol. The SMILES string of the molecule is COc1ccc(-c2oc3cc(O)cc(O)c3c(=O)c2O[C@@H]2O[C@H](OC[C@H]3O[C@@H](C)[C@H](O)[C@@H](O)[C@@H]3O)[C@@H](O)[C@H](O)[C@H]2O)cc1. The van der Waals surface area contributed by atoms with Gasteiger partial charge in [0.15, 0.2) is 12.1 Å². The van der Waals surface area contributed by atoms with Crippen molar-refractivity contribution >= 4 is 11.0 Å². The number of hydrogen-bond donors (Lipinski definition) is 8. The van der Waals surface area contributed by atoms with Gasteiger partial charge in [-0.2, -0.15) is 0 Å². The topological polar surface area (TPSA) is 238 Å². The minimum Gasteiger partial charge on any atom is -0.508 e. The van der Waals surface area contributed by atoms with E-state index in [9.17, 15) is 45.6 Å². The van der Waals surface area contributed by atoms with Crippen molar-refractivity contribution < 1.29 is 69.0 Å². The monoisotopic (exact) mass is 608 g/mol. The smallest absolute Gasteiger partial charge is 0.239 e. The van der Waals surface area contributed by atoms with Crippen molar-refractivity contribution in [1.82, 2.24) is 0 Å². The van der Waals surface area contributed by atoms with Gasteiger partial charge in [-0.15, -0.1) is 0 Å². The Morgan fingerprint density at radius 3 is 2.14 bits per heavy atom. The third-order valence-corrected chi connectivity index (χ3v) is 7.41. The number of benzene rings is 2. The van der Waals surface area contributed by atoms with Gasteiger partial charge in [-0.1, -0.05) is 0 Å². The fraction of sp³-hybridized carbons (Fsp3) is 0.464. The Morgan fingerprint density at radius 2 is 1.47 bits per heavy atom. The third-order valence-electron chi connectivity index (χ3n) is 7.41. The van der Waals surface area contributed by atoms with Gasteiger partial charge in [0.2, 0.25) is 17.5 Å². The van der Waals surface area contributed by atoms with E-state index in [1.54, 1.807) is 12.1 Å². The largest absolute Gasteiger partial charge is 0.508 e. The van der Waals surface area contributed by atoms with E-state index in [0.29, 0.717) is 5.75 Å². The Morgan fingerprint density at radius 1 is 0.814 bits per heavy atom. The highest BCUT2D eigenvalue weighted by Crippen LogP contribution is 2.37. The first-order valence-electron chi connectivity index (χ1n) is 13.3. The molecule has 2 aliphatic heterocycles. The van der Waals surface area contributed by atoms with E-state index in [4.69, 9.17) is 28.1 Å². The number of aromatic hydroxyl groups is 2. The number of rotatable bonds is 7. The van der Waals surface area contributed by atoms with Gasteiger partial charge in [0.25, 0.3) is 0 Å². The summed E-state index contributed by atoms with van der Waals surface area (Å²) in [5, 5.41) is 82.0. The van der Waals surface area contributed by atoms with Crippen molar-refractivity contribution in [3.8, 4) is 34.3 Å². The van der Waals surface area contributed by atoms with Gasteiger partial charge in [-0.05, 0) is 31.2 Å². The van der Waals surface area contributed by atoms with Crippen LogP contribution in [-0.4, -0.2) is 116 Å². The van der Waals surface area contributed by atoms with Crippen LogP contribution in [0, 0.1) is 0 Å². The second-order valence-electron chi connectivity index (χ2n) is 10.3. The molecule has 0 saturated carbocycles. The fourth-order valence-electron chi connectivity index (χ4n) is 4.94. The van der Waals surface area contributed by atoms with Crippen molar-refractivity contribution in [1.29, 1.82) is 0 Å². The molecule has 15 nitrogen and oxygen atoms in total. The predicted molar refractivity (Wildman–Crippen MR) is 143 cm³/mol. The Labute approximate surface area is 243 Å². The van der Waals surface area contributed by atoms with Crippen LogP contribution < -0.4 is 14.9 Å². The molecule has 3 heterocycles. The van der Waals surface area contributed by atoms with Crippen LogP contribution in [0.3, 0.4) is 0 Å². The molecule has 0 unspecified atom stereocenters. The highest BCUT2D eigenvalue weighted by molar-refractivity contribution is 5.88. The molecule has 2 saturated heterocycles. The molecule has 0 spiro atoms. The van der Waals surface area contributed by atoms with Crippen LogP contribution in [0.1, 0.15) is 6.92 Å². The third kappa shape index (κ3) is 5.86. The standard InChI is InChI=1S/C28H32O15/c1-10-18(31)21(34)19(32)16(40-10)9-39-27-23(36)22(35)24(37)28(43-27)42-26-20(33)17-14(30)7-12(29)8-15(17)41-25(26)11-3-5-13(38-2)6-4-11/h3-8,10,16,18-19,21-24,27-32,34-37H,9H2,1-2H3/t10-,16+,18-,19+,21+,22-,23-,24+,27-,28+/m0/s1. The molecule has 234 valence electrons. The Hall–Kier alpha value is -3.51. The summed E-state index contributed by atoms with van der Waals surface area (Å²) in [4.78, 5) is 13.6. The number of ether oxygens (including phenoxy) is 5. The molecular weight excluding hydrogens is 576 g/mol. The van der Waals surface area contributed by atoms with E-state index in [1.165, 1.54) is 26.2 Å². The number of methoxy groups -OCH3 is 1. The molecule has 1 aromatic heterocycles. The molecule has 2 aliphatic rings. The zero-order valence-electron chi connectivity index (χ0n) is 22.9. The van der Waals surface area contributed by atoms with Gasteiger partial charge in [0, 0.05) is 17.7 Å². The molecule has 2 fully saturated rings. The van der Waals surface area contributed by atoms with Crippen molar-refractivity contribution in [2.24, 2.45) is 0 Å². The molecule has 10 atom stereocenters. The lowest BCUT2D eigenvalue weighted by Gasteiger charge is -2.42. The van der Waals surface area contributed by atoms with Gasteiger partial charge in [0.1, 0.15) is 70.9 Å². The molecule has 0 aliphatic carbocycles. The minimum absolute atomic E-state index is 0.185. The second-order valence-corrected chi connectivity index (χ2v) is 10.3. The lowest BCUT2D eigenvalue weighted by molar-refractivity contribution is -0.340. The molecule has 5 rings (SSSR count). The maximum absolute atomic E-state index is 13.6. The predicted octanol–water partition coefficient (Wildman–Crippen LogP) is -1.09. The average Bonchev–Trinajstić information content (AvgIpc) is 2.98. The van der Waals surface area contributed by atoms with E-state index in [2.05, 4.69) is 0 Å². The number of aliphatic hydroxyl groups is 6. The fourth-order valence-corrected chi connectivity index (χ4v) is 4.94. The van der Waals surface area contributed by atoms with E-state index < -0.39 is 84.9 Å². The molecule has 0 bridgehead atoms. The zero-order chi connectivity index (χ0) is 31.2. The maximum atomic E-state index is 13.6. The highest BCUT2D eigenvalue weighted by Gasteiger charge is 2.48. The van der Waals surface area contributed by atoms with E-state index in [-0.39, 0.29) is 28.0 Å². The normalized spacial score (nSPS) is 32.9. The number of fused-ring (bicyclic) bond motifs is 1. The number of aliphatic hydroxyl groups excluding tert-OH is 6. The summed E-state index contributed by atoms with van der Waals surface area (Å²) in [6.45, 7) is 0.983. The lowest BCUT2D eigenvalue weighted by atomic mass is 9.96. The molecule has 0 radical (unpaired) electrons. The highest BCUT2D eigenvalue weighted by atomic mass is 16.8. The van der Waals surface area contributed by atoms with E-state index >= 15 is 0 Å². The van der Waals surface area contributed by atoms with Crippen LogP contribution in [0.5, 0.6) is 23.0 Å². The number of hydrogen-bond acceptors (Lipinski definition) is 15. The summed E-state index contributed by atoms with van der Waals surface area (Å²) in [6, 6.07) is 8.23. The zero-order valence-corrected chi connectivity index (χ0v) is 22.9. The summed E-state index contributed by atoms with van der Waals surface area (Å²) in [6.07, 6.45) is -15.7. The van der Waals surface area contributed by atoms with Crippen molar-refractivity contribution in [3.05, 3.63) is 46.6 Å². The van der Waals surface area contributed by atoms with Crippen LogP contribution in [-0.2, 0) is 14.2 Å². The van der Waals surface area contributed by atoms with Gasteiger partial charge in [-0.25, -0.2) is 0 Å². The van der Waals surface area contributed by atoms with Crippen LogP contribution in [0.2, 0.25) is 0 Å². The molecular formula is C28H32O15. The van der Waals surface area contributed by atoms with E-state index in [0.717, 1.165) is 12.1 Å². The number of phenols is 2. The molecule has 2 aromatic carbocycles. The van der Waals surface area contributed by atoms with Crippen LogP contribution in [0.4, 0.5) is 0 Å². The van der Waals surface area contributed by atoms with Crippen LogP contribution in [0.15, 0.2) is 45.6 Å². The van der Waals surface area contributed by atoms with Crippen LogP contribution >= 0.6 is 0 Å². The lowest BCUT2D eigenvalue weighted by Crippen LogP contribution is -2.61. The molecule has 15 heteroatoms. The maximum Gasteiger partial charge on any atom is 0.239 e. The van der Waals surface area contributed by atoms with Gasteiger partial charge in [-0.3, -0.25) is 4.79 Å². The Kier molecular flexibility index (Phi) is 8.80. The summed E-state index contributed by atoms with van der Waals surface area (Å²) in [7, 11) is 1.46. The van der Waals surface area contributed by atoms with Crippen molar-refractivity contribution in [2.75, 3.05) is 13.7 Å². The molecule has 0 amide bonds. The van der Waals surface area contributed by atoms with E-state index in [1.807, 2.05) is 0 Å². The Bertz CT molecular complexity index is 1490. The second kappa shape index (κ2) is 12.2. The minimum atomic E-state index is -1.92. The van der Waals surface area contributed by atoms with Crippen molar-refractivity contribution in [3.63, 3.8) is 0 Å². The summed E-state index contributed by atoms with van der Waals surface area (Å²) >= 11 is 0. The van der Waals surface area contributed by atoms with Crippen LogP contribution in [0.25, 0.3) is 22.3 Å². The molecule has 8 N–H and O–H groups in total. The summed E-state index contributed by atoms with van der Waals surface area (Å²) in [5.41, 5.74) is -0.816. The first-order valence-corrected chi connectivity index (χ1v) is 13.3. The quantitative estimate of drug-likeness (QED) is 0.159. The number of phenolic OH excluding ortho intramolecular Hbond substituents is 2. The first kappa shape index (κ1) is 30.9. The van der Waals surface area contributed by atoms with Crippen molar-refractivity contribution in [2.45, 2.75) is 68.3 Å². The molecule has 43 heavy (non-hydrogen) atoms. The summed E-state index contributed by atoms with van der Waals surface area (Å²) in [5.74, 6) is -1.27. The van der Waals surface area contributed by atoms with Gasteiger partial charge in [0.05, 0.1) is 19.8 Å². The summed E-state index contributed by atoms with van der Waals surface area (Å²) < 4.78 is 33.3. The van der Waals surface area contributed by atoms with Gasteiger partial charge < -0.3 is 69.0 Å².